The average molecular weight is 423 g/mol. The minimum absolute atomic E-state index is 1.01. The topological polar surface area (TPSA) is 17.3 Å². The fourth-order valence-electron chi connectivity index (χ4n) is 5.62. The zero-order chi connectivity index (χ0) is 22.1. The van der Waals surface area contributed by atoms with Crippen molar-refractivity contribution in [2.45, 2.75) is 13.8 Å². The number of fused-ring (bicyclic) bond motifs is 10. The summed E-state index contributed by atoms with van der Waals surface area (Å²) in [5.41, 5.74) is 7.15. The molecule has 0 bridgehead atoms. The molecule has 0 spiro atoms. The maximum absolute atomic E-state index is 4.96. The molecule has 0 fully saturated rings. The zero-order valence-corrected chi connectivity index (χ0v) is 18.6. The van der Waals surface area contributed by atoms with E-state index >= 15 is 0 Å². The molecule has 7 aromatic rings. The van der Waals surface area contributed by atoms with Gasteiger partial charge in [0.25, 0.3) is 0 Å². The Morgan fingerprint density at radius 3 is 2.06 bits per heavy atom. The summed E-state index contributed by atoms with van der Waals surface area (Å²) in [6, 6.07) is 32.9. The fourth-order valence-corrected chi connectivity index (χ4v) is 5.62. The molecule has 2 heterocycles. The lowest BCUT2D eigenvalue weighted by Gasteiger charge is -2.16. The number of hydrogen-bond donors (Lipinski definition) is 0. The van der Waals surface area contributed by atoms with Crippen molar-refractivity contribution >= 4 is 48.9 Å². The summed E-state index contributed by atoms with van der Waals surface area (Å²) in [5.74, 6) is 0. The molecule has 33 heavy (non-hydrogen) atoms. The molecule has 0 aliphatic carbocycles. The number of benzene rings is 5. The number of imidazole rings is 1. The quantitative estimate of drug-likeness (QED) is 0.244. The van der Waals surface area contributed by atoms with Crippen LogP contribution in [0.5, 0.6) is 0 Å². The lowest BCUT2D eigenvalue weighted by atomic mass is 9.94. The maximum atomic E-state index is 4.96. The Morgan fingerprint density at radius 1 is 0.576 bits per heavy atom. The van der Waals surface area contributed by atoms with Gasteiger partial charge in [-0.2, -0.15) is 0 Å². The van der Waals surface area contributed by atoms with E-state index in [1.165, 1.54) is 59.9 Å². The van der Waals surface area contributed by atoms with Crippen molar-refractivity contribution in [1.82, 2.24) is 9.38 Å². The van der Waals surface area contributed by atoms with Crippen LogP contribution >= 0.6 is 0 Å². The molecule has 0 radical (unpaired) electrons. The molecule has 0 atom stereocenters. The van der Waals surface area contributed by atoms with Crippen molar-refractivity contribution in [2.24, 2.45) is 0 Å². The van der Waals surface area contributed by atoms with Crippen LogP contribution < -0.4 is 0 Å². The van der Waals surface area contributed by atoms with Crippen LogP contribution in [0, 0.1) is 13.8 Å². The van der Waals surface area contributed by atoms with E-state index in [1.54, 1.807) is 0 Å². The van der Waals surface area contributed by atoms with Gasteiger partial charge < -0.3 is 0 Å². The first-order valence-electron chi connectivity index (χ1n) is 11.4. The molecular weight excluding hydrogens is 400 g/mol. The second kappa shape index (κ2) is 6.66. The third-order valence-corrected chi connectivity index (χ3v) is 7.07. The second-order valence-corrected chi connectivity index (χ2v) is 8.96. The monoisotopic (exact) mass is 422 g/mol. The highest BCUT2D eigenvalue weighted by Gasteiger charge is 2.18. The predicted molar refractivity (Wildman–Crippen MR) is 140 cm³/mol. The minimum atomic E-state index is 1.01. The van der Waals surface area contributed by atoms with Gasteiger partial charge in [-0.1, -0.05) is 84.9 Å². The number of pyridine rings is 1. The van der Waals surface area contributed by atoms with Crippen LogP contribution in [0.1, 0.15) is 11.1 Å². The van der Waals surface area contributed by atoms with Gasteiger partial charge in [-0.3, -0.25) is 4.40 Å². The normalized spacial score (nSPS) is 11.9. The van der Waals surface area contributed by atoms with E-state index in [2.05, 4.69) is 109 Å². The zero-order valence-electron chi connectivity index (χ0n) is 18.6. The van der Waals surface area contributed by atoms with Gasteiger partial charge in [0.15, 0.2) is 0 Å². The van der Waals surface area contributed by atoms with Crippen molar-refractivity contribution in [3.63, 3.8) is 0 Å². The molecule has 2 nitrogen and oxygen atoms in total. The van der Waals surface area contributed by atoms with E-state index in [-0.39, 0.29) is 0 Å². The first kappa shape index (κ1) is 18.4. The lowest BCUT2D eigenvalue weighted by Crippen LogP contribution is -1.97. The Morgan fingerprint density at radius 2 is 1.24 bits per heavy atom. The van der Waals surface area contributed by atoms with Crippen LogP contribution in [-0.4, -0.2) is 9.38 Å². The van der Waals surface area contributed by atoms with Crippen LogP contribution in [0.25, 0.3) is 60.1 Å². The SMILES string of the molecule is Cc1cccc(C)c1-c1cnc2c3ccccc3c3c4c(ccc5ccccc54)ccc3n12. The van der Waals surface area contributed by atoms with Gasteiger partial charge in [-0.15, -0.1) is 0 Å². The minimum Gasteiger partial charge on any atom is -0.292 e. The fraction of sp³-hybridized carbons (Fsp3) is 0.0645. The van der Waals surface area contributed by atoms with Crippen molar-refractivity contribution in [3.05, 3.63) is 108 Å². The molecule has 0 saturated carbocycles. The highest BCUT2D eigenvalue weighted by Crippen LogP contribution is 2.40. The summed E-state index contributed by atoms with van der Waals surface area (Å²) in [7, 11) is 0. The molecular formula is C31H22N2. The molecule has 0 saturated heterocycles. The number of nitrogens with zero attached hydrogens (tertiary/aromatic N) is 2. The molecule has 0 amide bonds. The number of rotatable bonds is 1. The first-order valence-corrected chi connectivity index (χ1v) is 11.4. The molecule has 0 unspecified atom stereocenters. The molecule has 2 aromatic heterocycles. The second-order valence-electron chi connectivity index (χ2n) is 8.96. The van der Waals surface area contributed by atoms with Gasteiger partial charge >= 0.3 is 0 Å². The van der Waals surface area contributed by atoms with Crippen molar-refractivity contribution < 1.29 is 0 Å². The van der Waals surface area contributed by atoms with Crippen molar-refractivity contribution in [3.8, 4) is 11.3 Å². The van der Waals surface area contributed by atoms with Crippen LogP contribution in [0.3, 0.4) is 0 Å². The standard InChI is InChI=1S/C31H22N2/c1-19-8-7-9-20(2)28(19)27-18-32-31-25-13-6-5-12-24(25)30-26(33(27)31)17-16-22-15-14-21-10-3-4-11-23(21)29(22)30/h3-18H,1-2H3. The largest absolute Gasteiger partial charge is 0.292 e. The van der Waals surface area contributed by atoms with Gasteiger partial charge in [0, 0.05) is 16.3 Å². The molecule has 0 aliphatic heterocycles. The van der Waals surface area contributed by atoms with Gasteiger partial charge in [-0.25, -0.2) is 4.98 Å². The van der Waals surface area contributed by atoms with Crippen molar-refractivity contribution in [1.29, 1.82) is 0 Å². The third-order valence-electron chi connectivity index (χ3n) is 7.07. The molecule has 0 N–H and O–H groups in total. The molecule has 156 valence electrons. The average Bonchev–Trinajstić information content (AvgIpc) is 3.28. The highest BCUT2D eigenvalue weighted by molar-refractivity contribution is 6.28. The smallest absolute Gasteiger partial charge is 0.145 e. The maximum Gasteiger partial charge on any atom is 0.145 e. The third kappa shape index (κ3) is 2.46. The molecule has 5 aromatic carbocycles. The summed E-state index contributed by atoms with van der Waals surface area (Å²) in [5, 5.41) is 8.85. The summed E-state index contributed by atoms with van der Waals surface area (Å²) in [4.78, 5) is 4.96. The predicted octanol–water partition coefficient (Wildman–Crippen LogP) is 8.23. The van der Waals surface area contributed by atoms with Gasteiger partial charge in [0.1, 0.15) is 5.65 Å². The highest BCUT2D eigenvalue weighted by atomic mass is 15.0. The Bertz CT molecular complexity index is 1870. The Balaban J connectivity index is 1.81. The van der Waals surface area contributed by atoms with E-state index in [9.17, 15) is 0 Å². The van der Waals surface area contributed by atoms with Crippen LogP contribution in [-0.2, 0) is 0 Å². The van der Waals surface area contributed by atoms with E-state index in [1.807, 2.05) is 6.20 Å². The molecule has 0 aliphatic rings. The number of hydrogen-bond acceptors (Lipinski definition) is 1. The van der Waals surface area contributed by atoms with Crippen molar-refractivity contribution in [2.75, 3.05) is 0 Å². The number of aryl methyl sites for hydroxylation is 2. The van der Waals surface area contributed by atoms with Gasteiger partial charge in [0.05, 0.1) is 17.4 Å². The summed E-state index contributed by atoms with van der Waals surface area (Å²) < 4.78 is 2.37. The van der Waals surface area contributed by atoms with Crippen LogP contribution in [0.15, 0.2) is 97.2 Å². The summed E-state index contributed by atoms with van der Waals surface area (Å²) in [6.07, 6.45) is 2.05. The Hall–Kier alpha value is -4.17. The number of aromatic nitrogens is 2. The summed E-state index contributed by atoms with van der Waals surface area (Å²) in [6.45, 7) is 4.38. The first-order chi connectivity index (χ1) is 16.2. The van der Waals surface area contributed by atoms with Crippen LogP contribution in [0.4, 0.5) is 0 Å². The molecule has 7 rings (SSSR count). The van der Waals surface area contributed by atoms with Crippen LogP contribution in [0.2, 0.25) is 0 Å². The Kier molecular flexibility index (Phi) is 3.72. The summed E-state index contributed by atoms with van der Waals surface area (Å²) >= 11 is 0. The Labute approximate surface area is 191 Å². The van der Waals surface area contributed by atoms with E-state index in [0.29, 0.717) is 0 Å². The van der Waals surface area contributed by atoms with E-state index in [4.69, 9.17) is 4.98 Å². The van der Waals surface area contributed by atoms with E-state index < -0.39 is 0 Å². The lowest BCUT2D eigenvalue weighted by molar-refractivity contribution is 1.25. The van der Waals surface area contributed by atoms with Gasteiger partial charge in [-0.05, 0) is 58.0 Å². The van der Waals surface area contributed by atoms with E-state index in [0.717, 1.165) is 11.3 Å². The molecule has 2 heteroatoms. The van der Waals surface area contributed by atoms with Gasteiger partial charge in [0.2, 0.25) is 0 Å².